The van der Waals surface area contributed by atoms with Gasteiger partial charge in [-0.2, -0.15) is 0 Å². The molecule has 0 N–H and O–H groups in total. The van der Waals surface area contributed by atoms with Gasteiger partial charge in [-0.15, -0.1) is 0 Å². The highest BCUT2D eigenvalue weighted by atomic mass is 16.5. The van der Waals surface area contributed by atoms with Crippen LogP contribution in [0.15, 0.2) is 36.4 Å². The lowest BCUT2D eigenvalue weighted by Crippen LogP contribution is -2.19. The van der Waals surface area contributed by atoms with E-state index in [0.717, 1.165) is 37.4 Å². The molecule has 0 unspecified atom stereocenters. The Morgan fingerprint density at radius 2 is 1.69 bits per heavy atom. The summed E-state index contributed by atoms with van der Waals surface area (Å²) in [7, 11) is 7.71. The van der Waals surface area contributed by atoms with Gasteiger partial charge in [0.2, 0.25) is 0 Å². The molecule has 4 nitrogen and oxygen atoms in total. The first kappa shape index (κ1) is 17.0. The lowest BCUT2D eigenvalue weighted by molar-refractivity contribution is 0.387. The minimum atomic E-state index is 0.915. The Balaban J connectivity index is 1.98. The number of aryl methyl sites for hydroxylation is 2. The van der Waals surface area contributed by atoms with E-state index >= 15 is 0 Å². The standard InChI is InChI=1S/C22H26N2O2/c1-23(2)11-12-24-21-10-8-17(26-4)14-20(21)18-9-6-15-5-7-16(25-3)13-19(15)22(18)24/h5,7-8,10,13-14H,6,9,11-12H2,1-4H3. The summed E-state index contributed by atoms with van der Waals surface area (Å²) < 4.78 is 13.5. The van der Waals surface area contributed by atoms with Crippen molar-refractivity contribution in [3.63, 3.8) is 0 Å². The number of aromatic nitrogens is 1. The average molecular weight is 350 g/mol. The van der Waals surface area contributed by atoms with Gasteiger partial charge in [0.1, 0.15) is 11.5 Å². The Morgan fingerprint density at radius 1 is 0.962 bits per heavy atom. The van der Waals surface area contributed by atoms with Crippen LogP contribution in [-0.2, 0) is 19.4 Å². The molecule has 0 fully saturated rings. The van der Waals surface area contributed by atoms with Gasteiger partial charge in [0, 0.05) is 29.6 Å². The van der Waals surface area contributed by atoms with E-state index in [1.165, 1.54) is 33.3 Å². The maximum absolute atomic E-state index is 5.51. The predicted molar refractivity (Wildman–Crippen MR) is 106 cm³/mol. The van der Waals surface area contributed by atoms with Crippen LogP contribution in [0, 0.1) is 0 Å². The van der Waals surface area contributed by atoms with Crippen LogP contribution in [-0.4, -0.2) is 44.3 Å². The predicted octanol–water partition coefficient (Wildman–Crippen LogP) is 3.99. The first-order chi connectivity index (χ1) is 12.6. The number of benzene rings is 2. The zero-order chi connectivity index (χ0) is 18.3. The molecule has 3 aromatic rings. The van der Waals surface area contributed by atoms with Crippen LogP contribution < -0.4 is 9.47 Å². The molecular formula is C22H26N2O2. The number of methoxy groups -OCH3 is 2. The molecule has 0 radical (unpaired) electrons. The van der Waals surface area contributed by atoms with Gasteiger partial charge in [0.05, 0.1) is 19.9 Å². The smallest absolute Gasteiger partial charge is 0.119 e. The minimum absolute atomic E-state index is 0.915. The van der Waals surface area contributed by atoms with Crippen molar-refractivity contribution in [2.45, 2.75) is 19.4 Å². The number of hydrogen-bond donors (Lipinski definition) is 0. The van der Waals surface area contributed by atoms with Gasteiger partial charge in [-0.3, -0.25) is 0 Å². The van der Waals surface area contributed by atoms with E-state index in [2.05, 4.69) is 60.0 Å². The quantitative estimate of drug-likeness (QED) is 0.696. The van der Waals surface area contributed by atoms with Crippen molar-refractivity contribution in [2.24, 2.45) is 0 Å². The van der Waals surface area contributed by atoms with E-state index in [1.54, 1.807) is 14.2 Å². The summed E-state index contributed by atoms with van der Waals surface area (Å²) in [5.41, 5.74) is 6.76. The largest absolute Gasteiger partial charge is 0.497 e. The van der Waals surface area contributed by atoms with Gasteiger partial charge >= 0.3 is 0 Å². The van der Waals surface area contributed by atoms with E-state index < -0.39 is 0 Å². The summed E-state index contributed by atoms with van der Waals surface area (Å²) in [6.07, 6.45) is 2.13. The van der Waals surface area contributed by atoms with Gasteiger partial charge < -0.3 is 18.9 Å². The summed E-state index contributed by atoms with van der Waals surface area (Å²) in [4.78, 5) is 2.23. The molecule has 0 saturated carbocycles. The number of rotatable bonds is 5. The highest BCUT2D eigenvalue weighted by molar-refractivity contribution is 5.94. The Bertz CT molecular complexity index is 956. The number of hydrogen-bond acceptors (Lipinski definition) is 3. The van der Waals surface area contributed by atoms with Crippen molar-refractivity contribution in [2.75, 3.05) is 34.9 Å². The van der Waals surface area contributed by atoms with E-state index in [0.29, 0.717) is 0 Å². The Labute approximate surface area is 154 Å². The molecule has 1 aliphatic rings. The normalized spacial score (nSPS) is 13.0. The molecule has 0 amide bonds. The van der Waals surface area contributed by atoms with Crippen LogP contribution in [0.3, 0.4) is 0 Å². The summed E-state index contributed by atoms with van der Waals surface area (Å²) in [6, 6.07) is 12.9. The van der Waals surface area contributed by atoms with Gasteiger partial charge in [-0.1, -0.05) is 6.07 Å². The molecule has 0 saturated heterocycles. The Hall–Kier alpha value is -2.46. The zero-order valence-electron chi connectivity index (χ0n) is 16.0. The summed E-state index contributed by atoms with van der Waals surface area (Å²) in [5.74, 6) is 1.83. The molecule has 0 aliphatic heterocycles. The second-order valence-electron chi connectivity index (χ2n) is 7.19. The van der Waals surface area contributed by atoms with Crippen LogP contribution in [0.5, 0.6) is 11.5 Å². The zero-order valence-corrected chi connectivity index (χ0v) is 16.0. The van der Waals surface area contributed by atoms with Gasteiger partial charge in [-0.25, -0.2) is 0 Å². The monoisotopic (exact) mass is 350 g/mol. The molecule has 0 spiro atoms. The maximum Gasteiger partial charge on any atom is 0.119 e. The number of ether oxygens (including phenoxy) is 2. The first-order valence-corrected chi connectivity index (χ1v) is 9.13. The highest BCUT2D eigenvalue weighted by Gasteiger charge is 2.25. The van der Waals surface area contributed by atoms with Crippen molar-refractivity contribution in [3.8, 4) is 22.8 Å². The average Bonchev–Trinajstić information content (AvgIpc) is 2.99. The molecule has 26 heavy (non-hydrogen) atoms. The van der Waals surface area contributed by atoms with Gasteiger partial charge in [0.25, 0.3) is 0 Å². The Morgan fingerprint density at radius 3 is 2.42 bits per heavy atom. The number of fused-ring (bicyclic) bond motifs is 5. The summed E-state index contributed by atoms with van der Waals surface area (Å²) in [5, 5.41) is 1.31. The van der Waals surface area contributed by atoms with Crippen LogP contribution in [0.4, 0.5) is 0 Å². The molecule has 0 bridgehead atoms. The molecule has 1 aromatic heterocycles. The molecule has 136 valence electrons. The van der Waals surface area contributed by atoms with Crippen LogP contribution in [0.1, 0.15) is 11.1 Å². The third-order valence-corrected chi connectivity index (χ3v) is 5.36. The van der Waals surface area contributed by atoms with E-state index in [4.69, 9.17) is 9.47 Å². The van der Waals surface area contributed by atoms with Crippen molar-refractivity contribution in [1.82, 2.24) is 9.47 Å². The molecule has 1 heterocycles. The lowest BCUT2D eigenvalue weighted by atomic mass is 9.88. The number of likely N-dealkylation sites (N-methyl/N-ethyl adjacent to an activating group) is 1. The van der Waals surface area contributed by atoms with Crippen molar-refractivity contribution < 1.29 is 9.47 Å². The molecule has 4 heteroatoms. The summed E-state index contributed by atoms with van der Waals surface area (Å²) in [6.45, 7) is 1.96. The topological polar surface area (TPSA) is 26.6 Å². The first-order valence-electron chi connectivity index (χ1n) is 9.13. The second kappa shape index (κ2) is 6.69. The van der Waals surface area contributed by atoms with Crippen LogP contribution >= 0.6 is 0 Å². The van der Waals surface area contributed by atoms with Crippen molar-refractivity contribution in [3.05, 3.63) is 47.5 Å². The number of nitrogens with zero attached hydrogens (tertiary/aromatic N) is 2. The van der Waals surface area contributed by atoms with Crippen LogP contribution in [0.25, 0.3) is 22.2 Å². The summed E-state index contributed by atoms with van der Waals surface area (Å²) >= 11 is 0. The fraction of sp³-hybridized carbons (Fsp3) is 0.364. The van der Waals surface area contributed by atoms with E-state index in [-0.39, 0.29) is 0 Å². The fourth-order valence-electron chi connectivity index (χ4n) is 4.00. The molecule has 2 aromatic carbocycles. The van der Waals surface area contributed by atoms with E-state index in [9.17, 15) is 0 Å². The molecule has 4 rings (SSSR count). The third-order valence-electron chi connectivity index (χ3n) is 5.36. The molecule has 0 atom stereocenters. The highest BCUT2D eigenvalue weighted by Crippen LogP contribution is 2.42. The van der Waals surface area contributed by atoms with Crippen molar-refractivity contribution in [1.29, 1.82) is 0 Å². The fourth-order valence-corrected chi connectivity index (χ4v) is 4.00. The second-order valence-corrected chi connectivity index (χ2v) is 7.19. The molecular weight excluding hydrogens is 324 g/mol. The minimum Gasteiger partial charge on any atom is -0.497 e. The van der Waals surface area contributed by atoms with Crippen LogP contribution in [0.2, 0.25) is 0 Å². The maximum atomic E-state index is 5.51. The van der Waals surface area contributed by atoms with E-state index in [1.807, 2.05) is 0 Å². The third kappa shape index (κ3) is 2.74. The SMILES string of the molecule is COc1ccc2c(c1)-c1c(c3cc(OC)ccc3n1CCN(C)C)CC2. The van der Waals surface area contributed by atoms with Gasteiger partial charge in [-0.05, 0) is 68.4 Å². The Kier molecular flexibility index (Phi) is 4.37. The lowest BCUT2D eigenvalue weighted by Gasteiger charge is -2.21. The van der Waals surface area contributed by atoms with Crippen molar-refractivity contribution >= 4 is 10.9 Å². The molecule has 1 aliphatic carbocycles. The van der Waals surface area contributed by atoms with Gasteiger partial charge in [0.15, 0.2) is 0 Å².